The smallest absolute Gasteiger partial charge is 0.188 e. The zero-order chi connectivity index (χ0) is 15.1. The lowest BCUT2D eigenvalue weighted by atomic mass is 9.88. The molecule has 0 bridgehead atoms. The SMILES string of the molecule is COCOc1cccc(OCOC)c1C1CCCC1C=O. The largest absolute Gasteiger partial charge is 0.467 e. The van der Waals surface area contributed by atoms with E-state index in [-0.39, 0.29) is 25.4 Å². The van der Waals surface area contributed by atoms with E-state index in [2.05, 4.69) is 0 Å². The lowest BCUT2D eigenvalue weighted by Crippen LogP contribution is -2.13. The van der Waals surface area contributed by atoms with Crippen LogP contribution in [-0.2, 0) is 14.3 Å². The van der Waals surface area contributed by atoms with Crippen LogP contribution in [0, 0.1) is 5.92 Å². The molecule has 2 unspecified atom stereocenters. The molecule has 1 fully saturated rings. The molecule has 0 heterocycles. The van der Waals surface area contributed by atoms with Gasteiger partial charge in [0.2, 0.25) is 0 Å². The molecule has 5 heteroatoms. The second-order valence-corrected chi connectivity index (χ2v) is 5.11. The van der Waals surface area contributed by atoms with E-state index < -0.39 is 0 Å². The van der Waals surface area contributed by atoms with Crippen LogP contribution in [0.4, 0.5) is 0 Å². The zero-order valence-electron chi connectivity index (χ0n) is 12.5. The van der Waals surface area contributed by atoms with E-state index in [9.17, 15) is 4.79 Å². The van der Waals surface area contributed by atoms with E-state index in [0.29, 0.717) is 11.5 Å². The van der Waals surface area contributed by atoms with Gasteiger partial charge in [-0.3, -0.25) is 0 Å². The van der Waals surface area contributed by atoms with E-state index in [1.54, 1.807) is 14.2 Å². The van der Waals surface area contributed by atoms with Crippen LogP contribution in [0.15, 0.2) is 18.2 Å². The predicted molar refractivity (Wildman–Crippen MR) is 77.6 cm³/mol. The Bertz CT molecular complexity index is 434. The summed E-state index contributed by atoms with van der Waals surface area (Å²) >= 11 is 0. The molecule has 0 amide bonds. The van der Waals surface area contributed by atoms with Gasteiger partial charge in [-0.25, -0.2) is 0 Å². The third-order valence-corrected chi connectivity index (χ3v) is 3.81. The molecule has 0 radical (unpaired) electrons. The Morgan fingerprint density at radius 2 is 1.71 bits per heavy atom. The summed E-state index contributed by atoms with van der Waals surface area (Å²) in [7, 11) is 3.16. The quantitative estimate of drug-likeness (QED) is 0.545. The fraction of sp³-hybridized carbons (Fsp3) is 0.562. The molecule has 0 aliphatic heterocycles. The summed E-state index contributed by atoms with van der Waals surface area (Å²) in [6.07, 6.45) is 3.96. The van der Waals surface area contributed by atoms with Gasteiger partial charge >= 0.3 is 0 Å². The van der Waals surface area contributed by atoms with E-state index >= 15 is 0 Å². The Morgan fingerprint density at radius 3 is 2.24 bits per heavy atom. The number of benzene rings is 1. The van der Waals surface area contributed by atoms with E-state index in [4.69, 9.17) is 18.9 Å². The van der Waals surface area contributed by atoms with Crippen LogP contribution >= 0.6 is 0 Å². The molecule has 0 aromatic heterocycles. The Hall–Kier alpha value is -1.59. The first kappa shape index (κ1) is 15.8. The summed E-state index contributed by atoms with van der Waals surface area (Å²) in [6.45, 7) is 0.332. The molecule has 1 aliphatic carbocycles. The topological polar surface area (TPSA) is 54.0 Å². The van der Waals surface area contributed by atoms with Gasteiger partial charge in [-0.2, -0.15) is 0 Å². The van der Waals surface area contributed by atoms with Crippen molar-refractivity contribution in [2.75, 3.05) is 27.8 Å². The Balaban J connectivity index is 2.34. The van der Waals surface area contributed by atoms with Gasteiger partial charge in [0.15, 0.2) is 13.6 Å². The normalized spacial score (nSPS) is 21.2. The molecule has 116 valence electrons. The number of carbonyl (C=O) groups is 1. The third kappa shape index (κ3) is 3.74. The van der Waals surface area contributed by atoms with Gasteiger partial charge in [0.05, 0.1) is 0 Å². The van der Waals surface area contributed by atoms with Gasteiger partial charge in [-0.1, -0.05) is 12.5 Å². The summed E-state index contributed by atoms with van der Waals surface area (Å²) in [5.41, 5.74) is 0.946. The molecule has 2 atom stereocenters. The van der Waals surface area contributed by atoms with Gasteiger partial charge in [0.25, 0.3) is 0 Å². The van der Waals surface area contributed by atoms with Crippen molar-refractivity contribution in [3.63, 3.8) is 0 Å². The zero-order valence-corrected chi connectivity index (χ0v) is 12.5. The molecule has 0 spiro atoms. The molecule has 1 aliphatic rings. The van der Waals surface area contributed by atoms with E-state index in [0.717, 1.165) is 31.1 Å². The second kappa shape index (κ2) is 8.00. The summed E-state index contributed by atoms with van der Waals surface area (Å²) < 4.78 is 21.3. The summed E-state index contributed by atoms with van der Waals surface area (Å²) in [5.74, 6) is 1.57. The first-order chi connectivity index (χ1) is 10.3. The van der Waals surface area contributed by atoms with Gasteiger partial charge in [-0.15, -0.1) is 0 Å². The van der Waals surface area contributed by atoms with Crippen molar-refractivity contribution < 1.29 is 23.7 Å². The van der Waals surface area contributed by atoms with Crippen molar-refractivity contribution >= 4 is 6.29 Å². The van der Waals surface area contributed by atoms with Crippen LogP contribution < -0.4 is 9.47 Å². The molecule has 0 saturated heterocycles. The van der Waals surface area contributed by atoms with Crippen molar-refractivity contribution in [1.29, 1.82) is 0 Å². The molecular formula is C16H22O5. The van der Waals surface area contributed by atoms with Gasteiger partial charge in [0.1, 0.15) is 17.8 Å². The van der Waals surface area contributed by atoms with E-state index in [1.807, 2.05) is 18.2 Å². The lowest BCUT2D eigenvalue weighted by Gasteiger charge is -2.22. The highest BCUT2D eigenvalue weighted by molar-refractivity contribution is 5.59. The van der Waals surface area contributed by atoms with Gasteiger partial charge < -0.3 is 23.7 Å². The number of carbonyl (C=O) groups excluding carboxylic acids is 1. The summed E-state index contributed by atoms with van der Waals surface area (Å²) in [4.78, 5) is 11.3. The maximum Gasteiger partial charge on any atom is 0.188 e. The maximum absolute atomic E-state index is 11.3. The molecule has 2 rings (SSSR count). The number of hydrogen-bond acceptors (Lipinski definition) is 5. The number of aldehydes is 1. The molecule has 1 aromatic rings. The number of rotatable bonds is 8. The third-order valence-electron chi connectivity index (χ3n) is 3.81. The summed E-state index contributed by atoms with van der Waals surface area (Å²) in [6, 6.07) is 5.63. The minimum absolute atomic E-state index is 0.0159. The van der Waals surface area contributed by atoms with Crippen molar-refractivity contribution in [2.45, 2.75) is 25.2 Å². The fourth-order valence-electron chi connectivity index (χ4n) is 2.90. The van der Waals surface area contributed by atoms with Crippen molar-refractivity contribution in [1.82, 2.24) is 0 Å². The Labute approximate surface area is 125 Å². The first-order valence-electron chi connectivity index (χ1n) is 7.13. The van der Waals surface area contributed by atoms with E-state index in [1.165, 1.54) is 0 Å². The highest BCUT2D eigenvalue weighted by Crippen LogP contribution is 2.46. The highest BCUT2D eigenvalue weighted by Gasteiger charge is 2.32. The highest BCUT2D eigenvalue weighted by atomic mass is 16.7. The number of ether oxygens (including phenoxy) is 4. The van der Waals surface area contributed by atoms with Crippen molar-refractivity contribution in [3.05, 3.63) is 23.8 Å². The average Bonchev–Trinajstić information content (AvgIpc) is 2.98. The molecule has 1 aromatic carbocycles. The van der Waals surface area contributed by atoms with Crippen LogP contribution in [0.2, 0.25) is 0 Å². The Morgan fingerprint density at radius 1 is 1.10 bits per heavy atom. The number of hydrogen-bond donors (Lipinski definition) is 0. The van der Waals surface area contributed by atoms with Crippen LogP contribution in [-0.4, -0.2) is 34.1 Å². The maximum atomic E-state index is 11.3. The molecular weight excluding hydrogens is 272 g/mol. The molecule has 5 nitrogen and oxygen atoms in total. The van der Waals surface area contributed by atoms with Crippen LogP contribution in [0.5, 0.6) is 11.5 Å². The fourth-order valence-corrected chi connectivity index (χ4v) is 2.90. The standard InChI is InChI=1S/C16H22O5/c1-18-10-20-14-7-4-8-15(21-11-19-2)16(14)13-6-3-5-12(13)9-17/h4,7-9,12-13H,3,5-6,10-11H2,1-2H3. The average molecular weight is 294 g/mol. The van der Waals surface area contributed by atoms with Crippen LogP contribution in [0.25, 0.3) is 0 Å². The number of methoxy groups -OCH3 is 2. The van der Waals surface area contributed by atoms with Crippen LogP contribution in [0.3, 0.4) is 0 Å². The molecule has 21 heavy (non-hydrogen) atoms. The monoisotopic (exact) mass is 294 g/mol. The van der Waals surface area contributed by atoms with Gasteiger partial charge in [-0.05, 0) is 25.0 Å². The van der Waals surface area contributed by atoms with Gasteiger partial charge in [0, 0.05) is 31.6 Å². The minimum Gasteiger partial charge on any atom is -0.467 e. The van der Waals surface area contributed by atoms with Crippen molar-refractivity contribution in [3.8, 4) is 11.5 Å². The second-order valence-electron chi connectivity index (χ2n) is 5.11. The lowest BCUT2D eigenvalue weighted by molar-refractivity contribution is -0.111. The Kier molecular flexibility index (Phi) is 6.02. The van der Waals surface area contributed by atoms with Crippen molar-refractivity contribution in [2.24, 2.45) is 5.92 Å². The summed E-state index contributed by atoms with van der Waals surface area (Å²) in [5, 5.41) is 0. The minimum atomic E-state index is 0.0159. The first-order valence-corrected chi connectivity index (χ1v) is 7.13. The predicted octanol–water partition coefficient (Wildman–Crippen LogP) is 2.73. The molecule has 1 saturated carbocycles. The molecule has 0 N–H and O–H groups in total. The van der Waals surface area contributed by atoms with Crippen LogP contribution in [0.1, 0.15) is 30.7 Å².